The molecule has 0 aromatic heterocycles. The fraction of sp³-hybridized carbons (Fsp3) is 0.609. The molecule has 7 nitrogen and oxygen atoms in total. The molecule has 0 unspecified atom stereocenters. The van der Waals surface area contributed by atoms with E-state index in [1.807, 2.05) is 20.8 Å². The summed E-state index contributed by atoms with van der Waals surface area (Å²) in [6.45, 7) is 9.80. The summed E-state index contributed by atoms with van der Waals surface area (Å²) in [7, 11) is 0. The topological polar surface area (TPSA) is 91.7 Å². The quantitative estimate of drug-likeness (QED) is 0.721. The van der Waals surface area contributed by atoms with Gasteiger partial charge in [0.05, 0.1) is 12.1 Å². The van der Waals surface area contributed by atoms with Crippen molar-refractivity contribution in [1.29, 1.82) is 5.26 Å². The van der Waals surface area contributed by atoms with Gasteiger partial charge in [-0.25, -0.2) is 0 Å². The van der Waals surface area contributed by atoms with Gasteiger partial charge in [0.15, 0.2) is 17.3 Å². The number of ketones is 1. The van der Waals surface area contributed by atoms with Crippen molar-refractivity contribution >= 4 is 11.7 Å². The lowest BCUT2D eigenvalue weighted by Crippen LogP contribution is -2.56. The van der Waals surface area contributed by atoms with Crippen molar-refractivity contribution in [3.63, 3.8) is 0 Å². The molecule has 0 saturated carbocycles. The average molecular weight is 414 g/mol. The third kappa shape index (κ3) is 4.59. The number of nitriles is 1. The second-order valence-electron chi connectivity index (χ2n) is 8.67. The van der Waals surface area contributed by atoms with Gasteiger partial charge in [0.25, 0.3) is 0 Å². The number of ether oxygens (including phenoxy) is 2. The van der Waals surface area contributed by atoms with E-state index in [2.05, 4.69) is 16.3 Å². The monoisotopic (exact) mass is 413 g/mol. The molecule has 2 atom stereocenters. The van der Waals surface area contributed by atoms with Crippen LogP contribution in [0.1, 0.15) is 50.9 Å². The van der Waals surface area contributed by atoms with Gasteiger partial charge in [-0.15, -0.1) is 0 Å². The molecule has 162 valence electrons. The van der Waals surface area contributed by atoms with Gasteiger partial charge in [0.2, 0.25) is 5.91 Å². The molecule has 0 aliphatic carbocycles. The number of carbonyl (C=O) groups is 2. The summed E-state index contributed by atoms with van der Waals surface area (Å²) in [5, 5.41) is 12.3. The number of Topliss-reactive ketones (excluding diaryl/α,β-unsaturated/α-hetero) is 1. The van der Waals surface area contributed by atoms with Crippen LogP contribution < -0.4 is 14.8 Å². The number of nitrogens with zero attached hydrogens (tertiary/aromatic N) is 2. The van der Waals surface area contributed by atoms with Crippen LogP contribution in [-0.4, -0.2) is 54.5 Å². The van der Waals surface area contributed by atoms with E-state index in [4.69, 9.17) is 9.47 Å². The molecule has 1 N–H and O–H groups in total. The Morgan fingerprint density at radius 1 is 1.17 bits per heavy atom. The van der Waals surface area contributed by atoms with Crippen LogP contribution in [-0.2, 0) is 4.79 Å². The first-order chi connectivity index (χ1) is 14.2. The van der Waals surface area contributed by atoms with Crippen molar-refractivity contribution < 1.29 is 19.1 Å². The summed E-state index contributed by atoms with van der Waals surface area (Å²) < 4.78 is 11.1. The van der Waals surface area contributed by atoms with E-state index in [-0.39, 0.29) is 29.6 Å². The molecule has 0 bridgehead atoms. The Labute approximate surface area is 178 Å². The standard InChI is InChI=1S/C23H31N3O4/c1-15(2)23(4,14-24)25-22(28)16(3)26-9-7-17(8-10-26)21(27)18-5-6-19-20(13-18)30-12-11-29-19/h5-6,13,15-17H,7-12H2,1-4H3,(H,25,28)/t16-,23+/m1/s1. The Balaban J connectivity index is 1.57. The minimum Gasteiger partial charge on any atom is -0.486 e. The van der Waals surface area contributed by atoms with Gasteiger partial charge in [-0.2, -0.15) is 5.26 Å². The maximum atomic E-state index is 13.0. The molecule has 2 aliphatic heterocycles. The summed E-state index contributed by atoms with van der Waals surface area (Å²) >= 11 is 0. The first-order valence-corrected chi connectivity index (χ1v) is 10.7. The van der Waals surface area contributed by atoms with E-state index >= 15 is 0 Å². The summed E-state index contributed by atoms with van der Waals surface area (Å²) in [6, 6.07) is 7.23. The summed E-state index contributed by atoms with van der Waals surface area (Å²) in [6.07, 6.45) is 1.40. The average Bonchev–Trinajstić information content (AvgIpc) is 2.77. The molecule has 1 saturated heterocycles. The van der Waals surface area contributed by atoms with Crippen LogP contribution in [0.15, 0.2) is 18.2 Å². The number of likely N-dealkylation sites (tertiary alicyclic amines) is 1. The van der Waals surface area contributed by atoms with Crippen LogP contribution in [0.5, 0.6) is 11.5 Å². The number of hydrogen-bond donors (Lipinski definition) is 1. The van der Waals surface area contributed by atoms with E-state index in [9.17, 15) is 14.9 Å². The van der Waals surface area contributed by atoms with Gasteiger partial charge in [-0.1, -0.05) is 13.8 Å². The number of rotatable bonds is 6. The number of fused-ring (bicyclic) bond motifs is 1. The van der Waals surface area contributed by atoms with E-state index in [0.29, 0.717) is 56.2 Å². The van der Waals surface area contributed by atoms with Gasteiger partial charge in [-0.05, 0) is 63.9 Å². The number of piperidine rings is 1. The van der Waals surface area contributed by atoms with Gasteiger partial charge in [0.1, 0.15) is 18.8 Å². The second kappa shape index (κ2) is 9.05. The molecule has 1 fully saturated rings. The molecule has 1 amide bonds. The largest absolute Gasteiger partial charge is 0.486 e. The molecule has 0 spiro atoms. The maximum Gasteiger partial charge on any atom is 0.238 e. The number of nitrogens with one attached hydrogen (secondary N) is 1. The van der Waals surface area contributed by atoms with E-state index < -0.39 is 5.54 Å². The van der Waals surface area contributed by atoms with Crippen molar-refractivity contribution in [2.24, 2.45) is 11.8 Å². The van der Waals surface area contributed by atoms with Gasteiger partial charge in [-0.3, -0.25) is 14.5 Å². The van der Waals surface area contributed by atoms with Crippen LogP contribution in [0.25, 0.3) is 0 Å². The van der Waals surface area contributed by atoms with Crippen molar-refractivity contribution in [1.82, 2.24) is 10.2 Å². The highest BCUT2D eigenvalue weighted by Gasteiger charge is 2.35. The van der Waals surface area contributed by atoms with Crippen molar-refractivity contribution in [2.45, 2.75) is 52.1 Å². The Hall–Kier alpha value is -2.59. The van der Waals surface area contributed by atoms with Gasteiger partial charge in [0, 0.05) is 11.5 Å². The smallest absolute Gasteiger partial charge is 0.238 e. The maximum absolute atomic E-state index is 13.0. The zero-order valence-electron chi connectivity index (χ0n) is 18.2. The highest BCUT2D eigenvalue weighted by molar-refractivity contribution is 5.98. The second-order valence-corrected chi connectivity index (χ2v) is 8.67. The third-order valence-corrected chi connectivity index (χ3v) is 6.42. The van der Waals surface area contributed by atoms with Crippen molar-refractivity contribution in [2.75, 3.05) is 26.3 Å². The minimum atomic E-state index is -0.891. The molecule has 1 aromatic rings. The fourth-order valence-corrected chi connectivity index (χ4v) is 3.81. The zero-order chi connectivity index (χ0) is 21.9. The lowest BCUT2D eigenvalue weighted by Gasteiger charge is -2.36. The highest BCUT2D eigenvalue weighted by atomic mass is 16.6. The van der Waals surface area contributed by atoms with E-state index in [1.54, 1.807) is 25.1 Å². The predicted molar refractivity (Wildman–Crippen MR) is 113 cm³/mol. The summed E-state index contributed by atoms with van der Waals surface area (Å²) in [5.41, 5.74) is -0.247. The van der Waals surface area contributed by atoms with Crippen LogP contribution >= 0.6 is 0 Å². The summed E-state index contributed by atoms with van der Waals surface area (Å²) in [5.74, 6) is 1.20. The highest BCUT2D eigenvalue weighted by Crippen LogP contribution is 2.32. The van der Waals surface area contributed by atoms with Crippen LogP contribution in [0.3, 0.4) is 0 Å². The Morgan fingerprint density at radius 3 is 2.40 bits per heavy atom. The summed E-state index contributed by atoms with van der Waals surface area (Å²) in [4.78, 5) is 27.7. The van der Waals surface area contributed by atoms with Gasteiger partial charge >= 0.3 is 0 Å². The Bertz CT molecular complexity index is 839. The lowest BCUT2D eigenvalue weighted by molar-refractivity contribution is -0.128. The molecule has 2 heterocycles. The number of carbonyl (C=O) groups excluding carboxylic acids is 2. The van der Waals surface area contributed by atoms with Crippen molar-refractivity contribution in [3.8, 4) is 17.6 Å². The first kappa shape index (κ1) is 22.1. The number of benzene rings is 1. The Kier molecular flexibility index (Phi) is 6.67. The molecule has 7 heteroatoms. The lowest BCUT2D eigenvalue weighted by atomic mass is 9.87. The van der Waals surface area contributed by atoms with Crippen molar-refractivity contribution in [3.05, 3.63) is 23.8 Å². The van der Waals surface area contributed by atoms with E-state index in [0.717, 1.165) is 0 Å². The SMILES string of the molecule is CC(C)[C@](C)(C#N)NC(=O)[C@@H](C)N1CCC(C(=O)c2ccc3c(c2)OCCO3)CC1. The first-order valence-electron chi connectivity index (χ1n) is 10.7. The number of amides is 1. The van der Waals surface area contributed by atoms with E-state index in [1.165, 1.54) is 0 Å². The molecule has 3 rings (SSSR count). The predicted octanol–water partition coefficient (Wildman–Crippen LogP) is 2.80. The van der Waals surface area contributed by atoms with Crippen LogP contribution in [0.2, 0.25) is 0 Å². The fourth-order valence-electron chi connectivity index (χ4n) is 3.81. The normalized spacial score (nSPS) is 20.1. The molecular weight excluding hydrogens is 382 g/mol. The molecule has 2 aliphatic rings. The van der Waals surface area contributed by atoms with Gasteiger partial charge < -0.3 is 14.8 Å². The molecule has 30 heavy (non-hydrogen) atoms. The molecule has 1 aromatic carbocycles. The van der Waals surface area contributed by atoms with Crippen LogP contribution in [0, 0.1) is 23.2 Å². The third-order valence-electron chi connectivity index (χ3n) is 6.42. The molecule has 0 radical (unpaired) electrons. The zero-order valence-corrected chi connectivity index (χ0v) is 18.2. The number of hydrogen-bond acceptors (Lipinski definition) is 6. The molecular formula is C23H31N3O4. The minimum absolute atomic E-state index is 0.00741. The van der Waals surface area contributed by atoms with Crippen LogP contribution in [0.4, 0.5) is 0 Å². The Morgan fingerprint density at radius 2 is 1.80 bits per heavy atom.